The molecule has 0 bridgehead atoms. The number of likely N-dealkylation sites (tertiary alicyclic amines) is 1. The molecular weight excluding hydrogens is 319 g/mol. The number of nitrogens with one attached hydrogen (secondary N) is 1. The number of amides is 1. The van der Waals surface area contributed by atoms with Crippen LogP contribution in [0.1, 0.15) is 18.4 Å². The van der Waals surface area contributed by atoms with Crippen molar-refractivity contribution in [3.63, 3.8) is 0 Å². The van der Waals surface area contributed by atoms with Crippen LogP contribution in [0, 0.1) is 5.92 Å². The molecule has 4 nitrogen and oxygen atoms in total. The zero-order chi connectivity index (χ0) is 17.7. The first-order valence-electron chi connectivity index (χ1n) is 8.08. The van der Waals surface area contributed by atoms with Crippen molar-refractivity contribution in [2.75, 3.05) is 38.6 Å². The summed E-state index contributed by atoms with van der Waals surface area (Å²) in [6, 6.07) is 8.03. The standard InChI is InChI=1S/C17H24F3N3O/c1-22(2)15-8-4-3-6-13(15)10-23-9-5-7-14(11-23)16(24)21-12-17(18,19)20/h3-4,6,8,14H,5,7,9-12H2,1-2H3,(H,21,24)/t14-/m1/s1. The number of alkyl halides is 3. The minimum Gasteiger partial charge on any atom is -0.377 e. The summed E-state index contributed by atoms with van der Waals surface area (Å²) in [5.41, 5.74) is 2.26. The molecule has 0 aliphatic carbocycles. The number of piperidine rings is 1. The third-order valence-electron chi connectivity index (χ3n) is 4.21. The lowest BCUT2D eigenvalue weighted by Gasteiger charge is -2.33. The number of hydrogen-bond acceptors (Lipinski definition) is 3. The monoisotopic (exact) mass is 343 g/mol. The largest absolute Gasteiger partial charge is 0.405 e. The Morgan fingerprint density at radius 3 is 2.71 bits per heavy atom. The Bertz CT molecular complexity index is 560. The van der Waals surface area contributed by atoms with Gasteiger partial charge in [-0.1, -0.05) is 18.2 Å². The minimum atomic E-state index is -4.37. The number of carbonyl (C=O) groups is 1. The first-order valence-corrected chi connectivity index (χ1v) is 8.08. The number of para-hydroxylation sites is 1. The van der Waals surface area contributed by atoms with Crippen LogP contribution in [0.2, 0.25) is 0 Å². The summed E-state index contributed by atoms with van der Waals surface area (Å²) in [4.78, 5) is 16.1. The van der Waals surface area contributed by atoms with Crippen LogP contribution in [0.4, 0.5) is 18.9 Å². The van der Waals surface area contributed by atoms with Crippen molar-refractivity contribution in [3.8, 4) is 0 Å². The lowest BCUT2D eigenvalue weighted by molar-refractivity contribution is -0.141. The molecular formula is C17H24F3N3O. The van der Waals surface area contributed by atoms with Crippen molar-refractivity contribution in [3.05, 3.63) is 29.8 Å². The van der Waals surface area contributed by atoms with Gasteiger partial charge in [-0.2, -0.15) is 13.2 Å². The third kappa shape index (κ3) is 5.40. The van der Waals surface area contributed by atoms with Crippen LogP contribution >= 0.6 is 0 Å². The highest BCUT2D eigenvalue weighted by Crippen LogP contribution is 2.24. The molecule has 1 aliphatic heterocycles. The minimum absolute atomic E-state index is 0.382. The number of halogens is 3. The summed E-state index contributed by atoms with van der Waals surface area (Å²) < 4.78 is 36.7. The molecule has 1 heterocycles. The average Bonchev–Trinajstić information content (AvgIpc) is 2.52. The fourth-order valence-electron chi connectivity index (χ4n) is 3.07. The summed E-state index contributed by atoms with van der Waals surface area (Å²) in [6.07, 6.45) is -2.92. The highest BCUT2D eigenvalue weighted by molar-refractivity contribution is 5.79. The molecule has 1 fully saturated rings. The molecule has 1 saturated heterocycles. The smallest absolute Gasteiger partial charge is 0.377 e. The first kappa shape index (κ1) is 18.6. The van der Waals surface area contributed by atoms with Crippen LogP contribution in [-0.2, 0) is 11.3 Å². The highest BCUT2D eigenvalue weighted by atomic mass is 19.4. The molecule has 134 valence electrons. The zero-order valence-corrected chi connectivity index (χ0v) is 14.1. The number of carbonyl (C=O) groups excluding carboxylic acids is 1. The van der Waals surface area contributed by atoms with E-state index in [1.165, 1.54) is 0 Å². The average molecular weight is 343 g/mol. The summed E-state index contributed by atoms with van der Waals surface area (Å²) in [6.45, 7) is 0.777. The molecule has 1 N–H and O–H groups in total. The Morgan fingerprint density at radius 2 is 2.04 bits per heavy atom. The molecule has 1 aromatic rings. The number of nitrogens with zero attached hydrogens (tertiary/aromatic N) is 2. The molecule has 0 spiro atoms. The van der Waals surface area contributed by atoms with Gasteiger partial charge in [0.1, 0.15) is 6.54 Å². The van der Waals surface area contributed by atoms with E-state index < -0.39 is 18.6 Å². The van der Waals surface area contributed by atoms with E-state index in [1.807, 2.05) is 48.6 Å². The number of hydrogen-bond donors (Lipinski definition) is 1. The molecule has 0 unspecified atom stereocenters. The molecule has 1 atom stereocenters. The molecule has 1 amide bonds. The van der Waals surface area contributed by atoms with Crippen molar-refractivity contribution in [2.45, 2.75) is 25.6 Å². The molecule has 0 aromatic heterocycles. The van der Waals surface area contributed by atoms with E-state index in [2.05, 4.69) is 4.90 Å². The van der Waals surface area contributed by atoms with Crippen molar-refractivity contribution in [1.29, 1.82) is 0 Å². The first-order chi connectivity index (χ1) is 11.3. The second-order valence-electron chi connectivity index (χ2n) is 6.43. The SMILES string of the molecule is CN(C)c1ccccc1CN1CCC[C@@H](C(=O)NCC(F)(F)F)C1. The van der Waals surface area contributed by atoms with Gasteiger partial charge in [-0.05, 0) is 31.0 Å². The van der Waals surface area contributed by atoms with Crippen molar-refractivity contribution >= 4 is 11.6 Å². The topological polar surface area (TPSA) is 35.6 Å². The van der Waals surface area contributed by atoms with Crippen LogP contribution < -0.4 is 10.2 Å². The maximum Gasteiger partial charge on any atom is 0.405 e. The van der Waals surface area contributed by atoms with Crippen molar-refractivity contribution in [1.82, 2.24) is 10.2 Å². The normalized spacial score (nSPS) is 19.1. The molecule has 2 rings (SSSR count). The van der Waals surface area contributed by atoms with E-state index in [0.29, 0.717) is 19.5 Å². The van der Waals surface area contributed by atoms with Gasteiger partial charge in [0, 0.05) is 32.9 Å². The van der Waals surface area contributed by atoms with Gasteiger partial charge in [-0.3, -0.25) is 9.69 Å². The summed E-state index contributed by atoms with van der Waals surface area (Å²) in [5.74, 6) is -0.884. The van der Waals surface area contributed by atoms with Crippen LogP contribution in [-0.4, -0.2) is 50.7 Å². The molecule has 0 radical (unpaired) electrons. The second-order valence-corrected chi connectivity index (χ2v) is 6.43. The van der Waals surface area contributed by atoms with E-state index >= 15 is 0 Å². The molecule has 24 heavy (non-hydrogen) atoms. The number of rotatable bonds is 5. The lowest BCUT2D eigenvalue weighted by Crippen LogP contribution is -2.44. The van der Waals surface area contributed by atoms with Gasteiger partial charge >= 0.3 is 6.18 Å². The fraction of sp³-hybridized carbons (Fsp3) is 0.588. The van der Waals surface area contributed by atoms with E-state index in [4.69, 9.17) is 0 Å². The Morgan fingerprint density at radius 1 is 1.33 bits per heavy atom. The van der Waals surface area contributed by atoms with Crippen LogP contribution in [0.25, 0.3) is 0 Å². The van der Waals surface area contributed by atoms with E-state index in [-0.39, 0.29) is 5.92 Å². The highest BCUT2D eigenvalue weighted by Gasteiger charge is 2.31. The van der Waals surface area contributed by atoms with Gasteiger partial charge < -0.3 is 10.2 Å². The Balaban J connectivity index is 1.95. The lowest BCUT2D eigenvalue weighted by atomic mass is 9.96. The molecule has 1 aromatic carbocycles. The van der Waals surface area contributed by atoms with Crippen LogP contribution in [0.5, 0.6) is 0 Å². The van der Waals surface area contributed by atoms with E-state index in [0.717, 1.165) is 24.2 Å². The van der Waals surface area contributed by atoms with Gasteiger partial charge in [0.2, 0.25) is 5.91 Å². The molecule has 0 saturated carbocycles. The van der Waals surface area contributed by atoms with Crippen LogP contribution in [0.3, 0.4) is 0 Å². The van der Waals surface area contributed by atoms with E-state index in [9.17, 15) is 18.0 Å². The Kier molecular flexibility index (Phi) is 6.10. The third-order valence-corrected chi connectivity index (χ3v) is 4.21. The fourth-order valence-corrected chi connectivity index (χ4v) is 3.07. The van der Waals surface area contributed by atoms with Gasteiger partial charge in [-0.25, -0.2) is 0 Å². The van der Waals surface area contributed by atoms with Gasteiger partial charge in [0.15, 0.2) is 0 Å². The maximum atomic E-state index is 12.2. The maximum absolute atomic E-state index is 12.2. The van der Waals surface area contributed by atoms with Crippen LogP contribution in [0.15, 0.2) is 24.3 Å². The van der Waals surface area contributed by atoms with Crippen molar-refractivity contribution in [2.24, 2.45) is 5.92 Å². The quantitative estimate of drug-likeness (QED) is 0.893. The van der Waals surface area contributed by atoms with Gasteiger partial charge in [-0.15, -0.1) is 0 Å². The van der Waals surface area contributed by atoms with Gasteiger partial charge in [0.05, 0.1) is 5.92 Å². The Labute approximate surface area is 140 Å². The summed E-state index contributed by atoms with van der Waals surface area (Å²) in [7, 11) is 3.95. The predicted molar refractivity (Wildman–Crippen MR) is 87.8 cm³/mol. The number of benzene rings is 1. The van der Waals surface area contributed by atoms with Crippen molar-refractivity contribution < 1.29 is 18.0 Å². The zero-order valence-electron chi connectivity index (χ0n) is 14.1. The van der Waals surface area contributed by atoms with Gasteiger partial charge in [0.25, 0.3) is 0 Å². The summed E-state index contributed by atoms with van der Waals surface area (Å²) >= 11 is 0. The van der Waals surface area contributed by atoms with E-state index in [1.54, 1.807) is 0 Å². The summed E-state index contributed by atoms with van der Waals surface area (Å²) in [5, 5.41) is 2.01. The molecule has 1 aliphatic rings. The second kappa shape index (κ2) is 7.88. The Hall–Kier alpha value is -1.76. The predicted octanol–water partition coefficient (Wildman–Crippen LogP) is 2.64. The number of anilines is 1. The molecule has 7 heteroatoms.